The number of carbonyl (C=O) groups excluding carboxylic acids is 2. The van der Waals surface area contributed by atoms with E-state index in [9.17, 15) is 18.0 Å². The van der Waals surface area contributed by atoms with Gasteiger partial charge in [0.25, 0.3) is 5.91 Å². The van der Waals surface area contributed by atoms with Crippen LogP contribution in [0.2, 0.25) is 0 Å². The van der Waals surface area contributed by atoms with E-state index in [2.05, 4.69) is 45.5 Å². The number of rotatable bonds is 8. The van der Waals surface area contributed by atoms with Crippen LogP contribution < -0.4 is 20.7 Å². The Morgan fingerprint density at radius 2 is 1.88 bits per heavy atom. The highest BCUT2D eigenvalue weighted by molar-refractivity contribution is 7.91. The molecule has 2 saturated carbocycles. The van der Waals surface area contributed by atoms with Crippen molar-refractivity contribution < 1.29 is 18.0 Å². The first-order valence-corrected chi connectivity index (χ1v) is 12.9. The van der Waals surface area contributed by atoms with Crippen molar-refractivity contribution >= 4 is 38.3 Å². The molecule has 5 rings (SSSR count). The third-order valence-electron chi connectivity index (χ3n) is 6.85. The Bertz CT molecular complexity index is 1220. The molecular formula is C24H28N4O4S. The zero-order valence-corrected chi connectivity index (χ0v) is 19.0. The number of nitrogens with one attached hydrogen (secondary N) is 4. The van der Waals surface area contributed by atoms with Gasteiger partial charge in [-0.05, 0) is 37.1 Å². The number of benzene rings is 2. The molecule has 2 aliphatic carbocycles. The maximum absolute atomic E-state index is 13.0. The van der Waals surface area contributed by atoms with E-state index in [-0.39, 0.29) is 17.9 Å². The van der Waals surface area contributed by atoms with Crippen molar-refractivity contribution in [3.8, 4) is 0 Å². The predicted molar refractivity (Wildman–Crippen MR) is 127 cm³/mol. The molecule has 0 radical (unpaired) electrons. The average molecular weight is 469 g/mol. The Morgan fingerprint density at radius 1 is 1.12 bits per heavy atom. The highest BCUT2D eigenvalue weighted by atomic mass is 32.2. The molecule has 8 nitrogen and oxygen atoms in total. The van der Waals surface area contributed by atoms with Gasteiger partial charge in [-0.25, -0.2) is 8.42 Å². The van der Waals surface area contributed by atoms with E-state index in [1.54, 1.807) is 6.08 Å². The Morgan fingerprint density at radius 3 is 2.61 bits per heavy atom. The predicted octanol–water partition coefficient (Wildman–Crippen LogP) is 1.65. The lowest BCUT2D eigenvalue weighted by molar-refractivity contribution is -0.130. The summed E-state index contributed by atoms with van der Waals surface area (Å²) < 4.78 is 26.6. The third kappa shape index (κ3) is 4.22. The number of anilines is 1. The van der Waals surface area contributed by atoms with Crippen LogP contribution >= 0.6 is 0 Å². The lowest BCUT2D eigenvalue weighted by Crippen LogP contribution is -2.55. The van der Waals surface area contributed by atoms with Crippen molar-refractivity contribution in [1.29, 1.82) is 0 Å². The van der Waals surface area contributed by atoms with E-state index < -0.39 is 32.8 Å². The van der Waals surface area contributed by atoms with Gasteiger partial charge in [0.1, 0.15) is 5.54 Å². The van der Waals surface area contributed by atoms with Crippen molar-refractivity contribution in [1.82, 2.24) is 15.4 Å². The Kier molecular flexibility index (Phi) is 5.41. The normalized spacial score (nSPS) is 28.8. The van der Waals surface area contributed by atoms with Gasteiger partial charge in [0, 0.05) is 29.6 Å². The van der Waals surface area contributed by atoms with E-state index in [1.807, 2.05) is 24.3 Å². The zero-order valence-electron chi connectivity index (χ0n) is 18.2. The molecule has 0 aromatic heterocycles. The lowest BCUT2D eigenvalue weighted by Gasteiger charge is -2.21. The number of fused-ring (bicyclic) bond motifs is 1. The van der Waals surface area contributed by atoms with Crippen molar-refractivity contribution in [3.05, 3.63) is 55.1 Å². The van der Waals surface area contributed by atoms with Crippen LogP contribution in [-0.2, 0) is 19.6 Å². The van der Waals surface area contributed by atoms with Crippen LogP contribution in [0, 0.1) is 5.92 Å². The van der Waals surface area contributed by atoms with Gasteiger partial charge in [-0.3, -0.25) is 14.3 Å². The van der Waals surface area contributed by atoms with Gasteiger partial charge in [0.2, 0.25) is 15.9 Å². The van der Waals surface area contributed by atoms with Crippen LogP contribution in [0.5, 0.6) is 0 Å². The van der Waals surface area contributed by atoms with Gasteiger partial charge in [-0.1, -0.05) is 42.5 Å². The van der Waals surface area contributed by atoms with Crippen molar-refractivity contribution in [2.45, 2.75) is 48.6 Å². The summed E-state index contributed by atoms with van der Waals surface area (Å²) in [6, 6.07) is 13.8. The van der Waals surface area contributed by atoms with E-state index in [4.69, 9.17) is 0 Å². The number of sulfonamides is 1. The summed E-state index contributed by atoms with van der Waals surface area (Å²) in [6.45, 7) is 4.33. The standard InChI is InChI=1S/C24H28N4O4S/c1-2-16-13-24(16,23(30)28-33(31,32)18-10-11-18)27-22(29)21-12-17(14-25-21)26-20-9-5-7-15-6-3-4-8-19(15)20/h2-9,16-18,21,25-26H,1,10-14H2,(H,27,29)(H,28,30)/t16?,17-,21+,24-/m1/s1. The molecule has 33 heavy (non-hydrogen) atoms. The van der Waals surface area contributed by atoms with Gasteiger partial charge in [-0.2, -0.15) is 0 Å². The number of hydrogen-bond donors (Lipinski definition) is 4. The van der Waals surface area contributed by atoms with Crippen LogP contribution in [0.25, 0.3) is 10.8 Å². The number of hydrogen-bond acceptors (Lipinski definition) is 6. The third-order valence-corrected chi connectivity index (χ3v) is 8.66. The molecule has 0 bridgehead atoms. The van der Waals surface area contributed by atoms with Crippen LogP contribution in [-0.4, -0.2) is 49.6 Å². The molecule has 3 fully saturated rings. The molecule has 1 unspecified atom stereocenters. The summed E-state index contributed by atoms with van der Waals surface area (Å²) in [5.41, 5.74) is -0.236. The van der Waals surface area contributed by atoms with E-state index in [0.717, 1.165) is 16.5 Å². The SMILES string of the molecule is C=CC1C[C@]1(NC(=O)[C@@H]1C[C@@H](Nc2cccc3ccccc23)CN1)C(=O)NS(=O)(=O)C1CC1. The minimum atomic E-state index is -3.69. The molecule has 1 aliphatic heterocycles. The summed E-state index contributed by atoms with van der Waals surface area (Å²) in [7, 11) is -3.69. The van der Waals surface area contributed by atoms with E-state index >= 15 is 0 Å². The summed E-state index contributed by atoms with van der Waals surface area (Å²) >= 11 is 0. The van der Waals surface area contributed by atoms with Gasteiger partial charge in [0.05, 0.1) is 11.3 Å². The topological polar surface area (TPSA) is 116 Å². The first-order valence-electron chi connectivity index (χ1n) is 11.3. The molecule has 2 aromatic rings. The van der Waals surface area contributed by atoms with Crippen LogP contribution in [0.3, 0.4) is 0 Å². The number of carbonyl (C=O) groups is 2. The molecule has 1 heterocycles. The molecule has 3 aliphatic rings. The summed E-state index contributed by atoms with van der Waals surface area (Å²) in [5.74, 6) is -1.27. The first kappa shape index (κ1) is 21.9. The molecule has 1 saturated heterocycles. The monoisotopic (exact) mass is 468 g/mol. The van der Waals surface area contributed by atoms with Gasteiger partial charge in [-0.15, -0.1) is 6.58 Å². The van der Waals surface area contributed by atoms with E-state index in [0.29, 0.717) is 32.2 Å². The minimum Gasteiger partial charge on any atom is -0.380 e. The highest BCUT2D eigenvalue weighted by Crippen LogP contribution is 2.45. The fourth-order valence-corrected chi connectivity index (χ4v) is 6.00. The molecule has 2 amide bonds. The zero-order chi connectivity index (χ0) is 23.2. The van der Waals surface area contributed by atoms with E-state index in [1.165, 1.54) is 0 Å². The van der Waals surface area contributed by atoms with Gasteiger partial charge < -0.3 is 16.0 Å². The highest BCUT2D eigenvalue weighted by Gasteiger charge is 2.61. The Labute approximate surface area is 193 Å². The fourth-order valence-electron chi connectivity index (χ4n) is 4.64. The fraction of sp³-hybridized carbons (Fsp3) is 0.417. The van der Waals surface area contributed by atoms with Crippen molar-refractivity contribution in [2.75, 3.05) is 11.9 Å². The Hall–Kier alpha value is -2.91. The average Bonchev–Trinajstić information content (AvgIpc) is 3.71. The molecule has 2 aromatic carbocycles. The van der Waals surface area contributed by atoms with Crippen LogP contribution in [0.15, 0.2) is 55.1 Å². The molecule has 4 atom stereocenters. The second kappa shape index (κ2) is 8.14. The molecule has 0 spiro atoms. The van der Waals surface area contributed by atoms with Gasteiger partial charge in [0.15, 0.2) is 0 Å². The second-order valence-electron chi connectivity index (χ2n) is 9.25. The van der Waals surface area contributed by atoms with Crippen molar-refractivity contribution in [2.24, 2.45) is 5.92 Å². The summed E-state index contributed by atoms with van der Waals surface area (Å²) in [4.78, 5) is 25.9. The minimum absolute atomic E-state index is 0.0426. The summed E-state index contributed by atoms with van der Waals surface area (Å²) in [5, 5.41) is 11.3. The van der Waals surface area contributed by atoms with Gasteiger partial charge >= 0.3 is 0 Å². The molecule has 174 valence electrons. The molecular weight excluding hydrogens is 440 g/mol. The second-order valence-corrected chi connectivity index (χ2v) is 11.2. The molecule has 9 heteroatoms. The quantitative estimate of drug-likeness (QED) is 0.438. The first-order chi connectivity index (χ1) is 15.8. The van der Waals surface area contributed by atoms with Crippen LogP contribution in [0.1, 0.15) is 25.7 Å². The maximum Gasteiger partial charge on any atom is 0.259 e. The largest absolute Gasteiger partial charge is 0.380 e. The van der Waals surface area contributed by atoms with Crippen molar-refractivity contribution in [3.63, 3.8) is 0 Å². The lowest BCUT2D eigenvalue weighted by atomic mass is 10.1. The Balaban J connectivity index is 1.23. The smallest absolute Gasteiger partial charge is 0.259 e. The van der Waals surface area contributed by atoms with Crippen LogP contribution in [0.4, 0.5) is 5.69 Å². The molecule has 4 N–H and O–H groups in total. The maximum atomic E-state index is 13.0. The summed E-state index contributed by atoms with van der Waals surface area (Å²) in [6.07, 6.45) is 3.61. The number of amides is 2.